The van der Waals surface area contributed by atoms with Gasteiger partial charge in [0.25, 0.3) is 5.56 Å². The number of carbonyl (C=O) groups excluding carboxylic acids is 2. The van der Waals surface area contributed by atoms with Gasteiger partial charge in [0.05, 0.1) is 0 Å². The molecule has 0 aliphatic carbocycles. The summed E-state index contributed by atoms with van der Waals surface area (Å²) in [5.41, 5.74) is -1.42. The molecule has 2 rings (SSSR count). The third-order valence-corrected chi connectivity index (χ3v) is 3.45. The molecule has 1 aliphatic heterocycles. The molecule has 1 aromatic heterocycles. The summed E-state index contributed by atoms with van der Waals surface area (Å²) >= 11 is 5.71. The highest BCUT2D eigenvalue weighted by Crippen LogP contribution is 2.30. The Morgan fingerprint density at radius 1 is 1.39 bits per heavy atom. The lowest BCUT2D eigenvalue weighted by Gasteiger charge is -2.17. The molecule has 0 spiro atoms. The smallest absolute Gasteiger partial charge is 0.330 e. The number of aromatic amines is 1. The van der Waals surface area contributed by atoms with Crippen LogP contribution in [0.4, 0.5) is 0 Å². The van der Waals surface area contributed by atoms with Crippen molar-refractivity contribution in [1.29, 1.82) is 0 Å². The zero-order valence-corrected chi connectivity index (χ0v) is 13.2. The van der Waals surface area contributed by atoms with Crippen LogP contribution in [-0.2, 0) is 23.8 Å². The first-order chi connectivity index (χ1) is 10.8. The fourth-order valence-corrected chi connectivity index (χ4v) is 2.38. The summed E-state index contributed by atoms with van der Waals surface area (Å²) in [5.74, 6) is -1.04. The lowest BCUT2D eigenvalue weighted by molar-refractivity contribution is -0.155. The Kier molecular flexibility index (Phi) is 5.22. The van der Waals surface area contributed by atoms with Gasteiger partial charge in [-0.2, -0.15) is 0 Å². The number of rotatable bonds is 4. The van der Waals surface area contributed by atoms with Crippen molar-refractivity contribution in [3.63, 3.8) is 0 Å². The Hall–Kier alpha value is -2.13. The van der Waals surface area contributed by atoms with E-state index >= 15 is 0 Å². The molecule has 0 bridgehead atoms. The van der Waals surface area contributed by atoms with Gasteiger partial charge in [-0.25, -0.2) is 4.79 Å². The molecule has 1 saturated heterocycles. The van der Waals surface area contributed by atoms with Gasteiger partial charge >= 0.3 is 17.6 Å². The largest absolute Gasteiger partial charge is 0.463 e. The third kappa shape index (κ3) is 4.20. The molecule has 0 radical (unpaired) electrons. The van der Waals surface area contributed by atoms with Crippen molar-refractivity contribution >= 4 is 23.5 Å². The predicted octanol–water partition coefficient (Wildman–Crippen LogP) is -0.0277. The molecule has 3 atom stereocenters. The molecule has 1 aliphatic rings. The maximum absolute atomic E-state index is 11.9. The standard InChI is InChI=1S/C13H15ClN2O7/c1-6(17)21-5-10-9(22-7(2)18)3-11(23-10)16-4-8(14)12(19)15-13(16)20/h4,9-11H,3,5H2,1-2H3,(H,15,19,20)/t9-,10+,11+/m0/s1. The number of nitrogens with zero attached hydrogens (tertiary/aromatic N) is 1. The van der Waals surface area contributed by atoms with E-state index in [-0.39, 0.29) is 18.1 Å². The van der Waals surface area contributed by atoms with Crippen LogP contribution in [0.2, 0.25) is 5.02 Å². The molecule has 1 N–H and O–H groups in total. The summed E-state index contributed by atoms with van der Waals surface area (Å²) in [5, 5.41) is -0.180. The van der Waals surface area contributed by atoms with Gasteiger partial charge in [0, 0.05) is 26.5 Å². The van der Waals surface area contributed by atoms with Crippen LogP contribution in [0.15, 0.2) is 15.8 Å². The van der Waals surface area contributed by atoms with Crippen molar-refractivity contribution in [3.8, 4) is 0 Å². The second-order valence-electron chi connectivity index (χ2n) is 4.96. The Balaban J connectivity index is 2.23. The predicted molar refractivity (Wildman–Crippen MR) is 77.0 cm³/mol. The van der Waals surface area contributed by atoms with Crippen molar-refractivity contribution in [2.75, 3.05) is 6.61 Å². The van der Waals surface area contributed by atoms with Crippen molar-refractivity contribution in [1.82, 2.24) is 9.55 Å². The number of H-pyrrole nitrogens is 1. The lowest BCUT2D eigenvalue weighted by Crippen LogP contribution is -2.32. The van der Waals surface area contributed by atoms with Gasteiger partial charge in [0.15, 0.2) is 0 Å². The van der Waals surface area contributed by atoms with E-state index in [2.05, 4.69) is 4.98 Å². The van der Waals surface area contributed by atoms with Crippen LogP contribution in [0, 0.1) is 0 Å². The van der Waals surface area contributed by atoms with Crippen molar-refractivity contribution in [2.45, 2.75) is 38.7 Å². The fourth-order valence-electron chi connectivity index (χ4n) is 2.23. The first-order valence-corrected chi connectivity index (χ1v) is 7.12. The van der Waals surface area contributed by atoms with E-state index in [0.29, 0.717) is 0 Å². The number of nitrogens with one attached hydrogen (secondary N) is 1. The average Bonchev–Trinajstić information content (AvgIpc) is 2.82. The van der Waals surface area contributed by atoms with Crippen LogP contribution >= 0.6 is 11.6 Å². The molecule has 2 heterocycles. The Morgan fingerprint density at radius 3 is 2.70 bits per heavy atom. The van der Waals surface area contributed by atoms with Gasteiger partial charge in [0.1, 0.15) is 30.1 Å². The number of esters is 2. The Labute approximate surface area is 135 Å². The van der Waals surface area contributed by atoms with Gasteiger partial charge < -0.3 is 14.2 Å². The third-order valence-electron chi connectivity index (χ3n) is 3.18. The number of hydrogen-bond donors (Lipinski definition) is 1. The number of carbonyl (C=O) groups is 2. The maximum atomic E-state index is 11.9. The molecule has 23 heavy (non-hydrogen) atoms. The Bertz CT molecular complexity index is 726. The van der Waals surface area contributed by atoms with Gasteiger partial charge in [-0.15, -0.1) is 0 Å². The zero-order chi connectivity index (χ0) is 17.1. The van der Waals surface area contributed by atoms with Gasteiger partial charge in [-0.3, -0.25) is 23.9 Å². The van der Waals surface area contributed by atoms with Crippen LogP contribution in [0.1, 0.15) is 26.5 Å². The van der Waals surface area contributed by atoms with Gasteiger partial charge in [-0.05, 0) is 0 Å². The first-order valence-electron chi connectivity index (χ1n) is 6.75. The molecule has 126 valence electrons. The van der Waals surface area contributed by atoms with E-state index < -0.39 is 41.6 Å². The van der Waals surface area contributed by atoms with Crippen LogP contribution in [0.3, 0.4) is 0 Å². The highest BCUT2D eigenvalue weighted by Gasteiger charge is 2.39. The minimum Gasteiger partial charge on any atom is -0.463 e. The van der Waals surface area contributed by atoms with Crippen molar-refractivity contribution in [3.05, 3.63) is 32.1 Å². The monoisotopic (exact) mass is 346 g/mol. The Morgan fingerprint density at radius 2 is 2.09 bits per heavy atom. The quantitative estimate of drug-likeness (QED) is 0.761. The van der Waals surface area contributed by atoms with E-state index in [9.17, 15) is 19.2 Å². The molecule has 0 aromatic carbocycles. The van der Waals surface area contributed by atoms with E-state index in [1.807, 2.05) is 0 Å². The van der Waals surface area contributed by atoms with Crippen LogP contribution in [-0.4, -0.2) is 40.3 Å². The lowest BCUT2D eigenvalue weighted by atomic mass is 10.2. The highest BCUT2D eigenvalue weighted by atomic mass is 35.5. The normalized spacial score (nSPS) is 23.5. The SMILES string of the molecule is CC(=O)OC[C@H]1O[C@@H](n2cc(Cl)c(=O)[nH]c2=O)C[C@@H]1OC(C)=O. The minimum atomic E-state index is -0.818. The molecular weight excluding hydrogens is 332 g/mol. The molecule has 0 unspecified atom stereocenters. The molecule has 9 nitrogen and oxygen atoms in total. The second-order valence-corrected chi connectivity index (χ2v) is 5.37. The highest BCUT2D eigenvalue weighted by molar-refractivity contribution is 6.30. The summed E-state index contributed by atoms with van der Waals surface area (Å²) in [6.45, 7) is 2.34. The van der Waals surface area contributed by atoms with Crippen molar-refractivity contribution in [2.24, 2.45) is 0 Å². The summed E-state index contributed by atoms with van der Waals surface area (Å²) < 4.78 is 16.7. The van der Waals surface area contributed by atoms with E-state index in [0.717, 1.165) is 10.8 Å². The second kappa shape index (κ2) is 6.97. The van der Waals surface area contributed by atoms with Crippen LogP contribution in [0.25, 0.3) is 0 Å². The molecule has 0 amide bonds. The van der Waals surface area contributed by atoms with E-state index in [1.54, 1.807) is 0 Å². The molecule has 1 fully saturated rings. The number of ether oxygens (including phenoxy) is 3. The number of aromatic nitrogens is 2. The van der Waals surface area contributed by atoms with E-state index in [4.69, 9.17) is 25.8 Å². The molecule has 0 saturated carbocycles. The molecule has 1 aromatic rings. The van der Waals surface area contributed by atoms with Gasteiger partial charge in [-0.1, -0.05) is 11.6 Å². The minimum absolute atomic E-state index is 0.129. The average molecular weight is 347 g/mol. The molecular formula is C13H15ClN2O7. The number of hydrogen-bond acceptors (Lipinski definition) is 7. The number of halogens is 1. The van der Waals surface area contributed by atoms with Crippen LogP contribution < -0.4 is 11.2 Å². The first kappa shape index (κ1) is 17.2. The summed E-state index contributed by atoms with van der Waals surface area (Å²) in [6, 6.07) is 0. The maximum Gasteiger partial charge on any atom is 0.330 e. The topological polar surface area (TPSA) is 117 Å². The zero-order valence-electron chi connectivity index (χ0n) is 12.4. The summed E-state index contributed by atoms with van der Waals surface area (Å²) in [7, 11) is 0. The van der Waals surface area contributed by atoms with Gasteiger partial charge in [0.2, 0.25) is 0 Å². The van der Waals surface area contributed by atoms with Crippen molar-refractivity contribution < 1.29 is 23.8 Å². The van der Waals surface area contributed by atoms with E-state index in [1.165, 1.54) is 13.8 Å². The fraction of sp³-hybridized carbons (Fsp3) is 0.538. The summed E-state index contributed by atoms with van der Waals surface area (Å²) in [6.07, 6.45) is -0.957. The molecule has 10 heteroatoms. The summed E-state index contributed by atoms with van der Waals surface area (Å²) in [4.78, 5) is 47.3. The van der Waals surface area contributed by atoms with Crippen LogP contribution in [0.5, 0.6) is 0 Å².